The molecule has 16 heavy (non-hydrogen) atoms. The van der Waals surface area contributed by atoms with Crippen molar-refractivity contribution < 1.29 is 0 Å². The van der Waals surface area contributed by atoms with Crippen molar-refractivity contribution in [2.24, 2.45) is 5.73 Å². The van der Waals surface area contributed by atoms with Crippen LogP contribution in [0.3, 0.4) is 0 Å². The fourth-order valence-electron chi connectivity index (χ4n) is 2.37. The van der Waals surface area contributed by atoms with E-state index in [1.807, 2.05) is 18.2 Å². The molecule has 0 aromatic heterocycles. The number of allylic oxidation sites excluding steroid dienone is 1. The van der Waals surface area contributed by atoms with E-state index < -0.39 is 0 Å². The average Bonchev–Trinajstić information content (AvgIpc) is 2.26. The lowest BCUT2D eigenvalue weighted by Gasteiger charge is -2.30. The average molecular weight is 213 g/mol. The highest BCUT2D eigenvalue weighted by Crippen LogP contribution is 2.32. The maximum atomic E-state index is 5.84. The van der Waals surface area contributed by atoms with Crippen molar-refractivity contribution in [2.45, 2.75) is 18.9 Å². The number of nitrogens with one attached hydrogen (secondary N) is 1. The molecular formula is C13H15N3. The summed E-state index contributed by atoms with van der Waals surface area (Å²) in [6.07, 6.45) is 6.17. The fraction of sp³-hybridized carbons (Fsp3) is 0.231. The first-order chi connectivity index (χ1) is 7.72. The second kappa shape index (κ2) is 3.30. The van der Waals surface area contributed by atoms with Crippen molar-refractivity contribution in [1.82, 2.24) is 0 Å². The van der Waals surface area contributed by atoms with Gasteiger partial charge in [0.05, 0.1) is 6.04 Å². The summed E-state index contributed by atoms with van der Waals surface area (Å²) in [7, 11) is 0. The molecule has 1 aromatic rings. The topological polar surface area (TPSA) is 64.1 Å². The summed E-state index contributed by atoms with van der Waals surface area (Å²) in [6.45, 7) is 0. The highest BCUT2D eigenvalue weighted by molar-refractivity contribution is 5.64. The van der Waals surface area contributed by atoms with Crippen LogP contribution < -0.4 is 16.8 Å². The first-order valence-corrected chi connectivity index (χ1v) is 5.52. The molecule has 3 heteroatoms. The summed E-state index contributed by atoms with van der Waals surface area (Å²) in [4.78, 5) is 0. The van der Waals surface area contributed by atoms with Crippen LogP contribution in [-0.4, -0.2) is 6.04 Å². The van der Waals surface area contributed by atoms with Gasteiger partial charge >= 0.3 is 0 Å². The van der Waals surface area contributed by atoms with Crippen LogP contribution >= 0.6 is 0 Å². The molecule has 3 nitrogen and oxygen atoms in total. The number of rotatable bonds is 0. The van der Waals surface area contributed by atoms with E-state index in [-0.39, 0.29) is 6.04 Å². The van der Waals surface area contributed by atoms with Crippen molar-refractivity contribution in [1.29, 1.82) is 0 Å². The lowest BCUT2D eigenvalue weighted by Crippen LogP contribution is -2.29. The molecule has 0 saturated carbocycles. The van der Waals surface area contributed by atoms with Crippen LogP contribution in [0.1, 0.15) is 12.0 Å². The number of anilines is 2. The number of nitrogen functional groups attached to an aromatic ring is 1. The van der Waals surface area contributed by atoms with Crippen molar-refractivity contribution in [3.05, 3.63) is 47.2 Å². The lowest BCUT2D eigenvalue weighted by atomic mass is 9.88. The van der Waals surface area contributed by atoms with Gasteiger partial charge in [0.1, 0.15) is 0 Å². The third-order valence-corrected chi connectivity index (χ3v) is 3.22. The van der Waals surface area contributed by atoms with Gasteiger partial charge in [0, 0.05) is 23.5 Å². The summed E-state index contributed by atoms with van der Waals surface area (Å²) in [6, 6.07) is 6.28. The second-order valence-corrected chi connectivity index (χ2v) is 4.44. The maximum absolute atomic E-state index is 5.84. The Balaban J connectivity index is 2.01. The normalized spacial score (nSPS) is 22.4. The number of nitrogens with two attached hydrogens (primary N) is 2. The third kappa shape index (κ3) is 1.45. The molecule has 82 valence electrons. The summed E-state index contributed by atoms with van der Waals surface area (Å²) in [5.74, 6) is 0. The maximum Gasteiger partial charge on any atom is 0.0680 e. The number of hydrogen-bond donors (Lipinski definition) is 3. The molecular weight excluding hydrogens is 198 g/mol. The minimum absolute atomic E-state index is 0.268. The van der Waals surface area contributed by atoms with Gasteiger partial charge in [-0.1, -0.05) is 6.08 Å². The Morgan fingerprint density at radius 3 is 3.00 bits per heavy atom. The minimum atomic E-state index is 0.268. The quantitative estimate of drug-likeness (QED) is 0.454. The Morgan fingerprint density at radius 1 is 1.25 bits per heavy atom. The number of fused-ring (bicyclic) bond motifs is 2. The van der Waals surface area contributed by atoms with E-state index in [0.29, 0.717) is 0 Å². The molecule has 1 atom stereocenters. The molecule has 0 radical (unpaired) electrons. The van der Waals surface area contributed by atoms with Crippen LogP contribution in [0.25, 0.3) is 0 Å². The van der Waals surface area contributed by atoms with Gasteiger partial charge in [0.15, 0.2) is 0 Å². The van der Waals surface area contributed by atoms with Crippen molar-refractivity contribution in [2.75, 3.05) is 11.1 Å². The molecule has 0 fully saturated rings. The Bertz CT molecular complexity index is 500. The summed E-state index contributed by atoms with van der Waals surface area (Å²) in [5, 5.41) is 3.48. The summed E-state index contributed by atoms with van der Waals surface area (Å²) >= 11 is 0. The molecule has 1 heterocycles. The number of hydrogen-bond acceptors (Lipinski definition) is 3. The molecule has 1 aliphatic carbocycles. The van der Waals surface area contributed by atoms with Gasteiger partial charge in [0.2, 0.25) is 0 Å². The molecule has 1 aromatic carbocycles. The lowest BCUT2D eigenvalue weighted by molar-refractivity contribution is 0.860. The molecule has 1 unspecified atom stereocenters. The highest BCUT2D eigenvalue weighted by atomic mass is 14.9. The van der Waals surface area contributed by atoms with Gasteiger partial charge in [-0.2, -0.15) is 0 Å². The van der Waals surface area contributed by atoms with E-state index in [1.165, 1.54) is 16.8 Å². The standard InChI is InChI=1S/C13H15N3/c14-10-3-4-12-9(6-10)5-8-1-2-11(15)7-13(8)16-12/h1,3-4,6-7,13,16H,2,5,14-15H2. The predicted octanol–water partition coefficient (Wildman–Crippen LogP) is 1.78. The van der Waals surface area contributed by atoms with Gasteiger partial charge < -0.3 is 16.8 Å². The smallest absolute Gasteiger partial charge is 0.0680 e. The van der Waals surface area contributed by atoms with E-state index in [4.69, 9.17) is 11.5 Å². The zero-order valence-electron chi connectivity index (χ0n) is 9.03. The monoisotopic (exact) mass is 213 g/mol. The van der Waals surface area contributed by atoms with E-state index in [2.05, 4.69) is 17.5 Å². The summed E-state index contributed by atoms with van der Waals surface area (Å²) in [5.41, 5.74) is 17.2. The molecule has 2 aliphatic rings. The zero-order valence-corrected chi connectivity index (χ0v) is 9.03. The Labute approximate surface area is 94.8 Å². The van der Waals surface area contributed by atoms with Gasteiger partial charge in [-0.25, -0.2) is 0 Å². The van der Waals surface area contributed by atoms with Crippen molar-refractivity contribution >= 4 is 11.4 Å². The van der Waals surface area contributed by atoms with E-state index in [9.17, 15) is 0 Å². The Hall–Kier alpha value is -1.90. The minimum Gasteiger partial charge on any atom is -0.402 e. The fourth-order valence-corrected chi connectivity index (χ4v) is 2.37. The first-order valence-electron chi connectivity index (χ1n) is 5.52. The van der Waals surface area contributed by atoms with Gasteiger partial charge in [-0.05, 0) is 41.8 Å². The molecule has 0 bridgehead atoms. The van der Waals surface area contributed by atoms with Gasteiger partial charge in [0.25, 0.3) is 0 Å². The van der Waals surface area contributed by atoms with Crippen LogP contribution in [0, 0.1) is 0 Å². The zero-order chi connectivity index (χ0) is 11.1. The number of benzene rings is 1. The molecule has 1 aliphatic heterocycles. The molecule has 0 spiro atoms. The third-order valence-electron chi connectivity index (χ3n) is 3.22. The van der Waals surface area contributed by atoms with Crippen molar-refractivity contribution in [3.63, 3.8) is 0 Å². The van der Waals surface area contributed by atoms with Crippen LogP contribution in [0.15, 0.2) is 41.6 Å². The summed E-state index contributed by atoms with van der Waals surface area (Å²) < 4.78 is 0. The van der Waals surface area contributed by atoms with Crippen LogP contribution in [-0.2, 0) is 6.42 Å². The van der Waals surface area contributed by atoms with Crippen LogP contribution in [0.4, 0.5) is 11.4 Å². The second-order valence-electron chi connectivity index (χ2n) is 4.44. The molecule has 5 N–H and O–H groups in total. The predicted molar refractivity (Wildman–Crippen MR) is 66.9 cm³/mol. The van der Waals surface area contributed by atoms with Crippen LogP contribution in [0.5, 0.6) is 0 Å². The Kier molecular flexibility index (Phi) is 1.93. The van der Waals surface area contributed by atoms with Gasteiger partial charge in [-0.3, -0.25) is 0 Å². The largest absolute Gasteiger partial charge is 0.402 e. The highest BCUT2D eigenvalue weighted by Gasteiger charge is 2.22. The van der Waals surface area contributed by atoms with E-state index in [1.54, 1.807) is 0 Å². The van der Waals surface area contributed by atoms with Crippen molar-refractivity contribution in [3.8, 4) is 0 Å². The Morgan fingerprint density at radius 2 is 2.12 bits per heavy atom. The molecule has 0 amide bonds. The van der Waals surface area contributed by atoms with Gasteiger partial charge in [-0.15, -0.1) is 0 Å². The first kappa shape index (κ1) is 9.33. The van der Waals surface area contributed by atoms with E-state index in [0.717, 1.165) is 24.2 Å². The molecule has 0 saturated heterocycles. The molecule has 3 rings (SSSR count). The SMILES string of the molecule is NC1=CC2Nc3ccc(N)cc3CC2=CC1. The van der Waals surface area contributed by atoms with E-state index >= 15 is 0 Å². The van der Waals surface area contributed by atoms with Crippen LogP contribution in [0.2, 0.25) is 0 Å².